The number of rotatable bonds is 5. The fourth-order valence-corrected chi connectivity index (χ4v) is 2.94. The molecule has 0 atom stereocenters. The summed E-state index contributed by atoms with van der Waals surface area (Å²) >= 11 is 0. The Kier molecular flexibility index (Phi) is 5.28. The minimum absolute atomic E-state index is 0.511. The van der Waals surface area contributed by atoms with E-state index in [0.29, 0.717) is 11.8 Å². The lowest BCUT2D eigenvalue weighted by atomic mass is 9.95. The summed E-state index contributed by atoms with van der Waals surface area (Å²) in [5.74, 6) is 2.88. The average Bonchev–Trinajstić information content (AvgIpc) is 2.48. The summed E-state index contributed by atoms with van der Waals surface area (Å²) in [7, 11) is 0. The maximum atomic E-state index is 6.11. The third-order valence-electron chi connectivity index (χ3n) is 4.23. The highest BCUT2D eigenvalue weighted by Crippen LogP contribution is 2.30. The molecule has 2 rings (SSSR count). The Balaban J connectivity index is 2.31. The molecule has 0 bridgehead atoms. The van der Waals surface area contributed by atoms with Crippen molar-refractivity contribution in [2.75, 3.05) is 0 Å². The second-order valence-electron chi connectivity index (χ2n) is 6.64. The summed E-state index contributed by atoms with van der Waals surface area (Å²) in [5.41, 5.74) is 5.48. The third-order valence-corrected chi connectivity index (χ3v) is 4.23. The molecule has 0 heterocycles. The molecule has 118 valence electrons. The number of aryl methyl sites for hydroxylation is 2. The van der Waals surface area contributed by atoms with Crippen LogP contribution in [0.3, 0.4) is 0 Å². The molecular weight excluding hydrogens is 268 g/mol. The van der Waals surface area contributed by atoms with Crippen molar-refractivity contribution in [3.8, 4) is 11.5 Å². The molecule has 0 fully saturated rings. The van der Waals surface area contributed by atoms with E-state index >= 15 is 0 Å². The zero-order valence-electron chi connectivity index (χ0n) is 14.7. The van der Waals surface area contributed by atoms with E-state index in [1.165, 1.54) is 22.3 Å². The standard InChI is InChI=1S/C21H28O/c1-7-17-9-11-19(13-21(17)15(4)5)22-18-10-8-16(6)20(12-18)14(2)3/h8-15H,7H2,1-6H3. The number of hydrogen-bond acceptors (Lipinski definition) is 1. The monoisotopic (exact) mass is 296 g/mol. The Labute approximate surface area is 135 Å². The minimum Gasteiger partial charge on any atom is -0.457 e. The highest BCUT2D eigenvalue weighted by molar-refractivity contribution is 5.42. The molecule has 2 aromatic rings. The van der Waals surface area contributed by atoms with Crippen LogP contribution in [0.25, 0.3) is 0 Å². The number of hydrogen-bond donors (Lipinski definition) is 0. The Morgan fingerprint density at radius 2 is 1.36 bits per heavy atom. The van der Waals surface area contributed by atoms with Gasteiger partial charge in [0.25, 0.3) is 0 Å². The lowest BCUT2D eigenvalue weighted by molar-refractivity contribution is 0.480. The molecule has 0 N–H and O–H groups in total. The Bertz CT molecular complexity index is 638. The van der Waals surface area contributed by atoms with E-state index in [-0.39, 0.29) is 0 Å². The van der Waals surface area contributed by atoms with Crippen LogP contribution in [0.2, 0.25) is 0 Å². The van der Waals surface area contributed by atoms with Crippen LogP contribution in [0.15, 0.2) is 36.4 Å². The van der Waals surface area contributed by atoms with Gasteiger partial charge in [-0.3, -0.25) is 0 Å². The maximum absolute atomic E-state index is 6.11. The molecule has 1 heteroatoms. The molecule has 1 nitrogen and oxygen atoms in total. The molecule has 0 aromatic heterocycles. The van der Waals surface area contributed by atoms with Gasteiger partial charge in [-0.15, -0.1) is 0 Å². The van der Waals surface area contributed by atoms with Crippen molar-refractivity contribution in [2.24, 2.45) is 0 Å². The normalized spacial score (nSPS) is 11.3. The molecule has 0 aliphatic rings. The van der Waals surface area contributed by atoms with Crippen LogP contribution in [-0.4, -0.2) is 0 Å². The third kappa shape index (κ3) is 3.71. The molecule has 2 aromatic carbocycles. The predicted octanol–water partition coefficient (Wildman–Crippen LogP) is 6.60. The first-order valence-corrected chi connectivity index (χ1v) is 8.33. The van der Waals surface area contributed by atoms with E-state index in [0.717, 1.165) is 17.9 Å². The Hall–Kier alpha value is -1.76. The summed E-state index contributed by atoms with van der Waals surface area (Å²) in [6.07, 6.45) is 1.07. The maximum Gasteiger partial charge on any atom is 0.127 e. The highest BCUT2D eigenvalue weighted by atomic mass is 16.5. The molecule has 0 unspecified atom stereocenters. The smallest absolute Gasteiger partial charge is 0.127 e. The quantitative estimate of drug-likeness (QED) is 0.604. The topological polar surface area (TPSA) is 9.23 Å². The molecule has 0 saturated carbocycles. The second-order valence-corrected chi connectivity index (χ2v) is 6.64. The van der Waals surface area contributed by atoms with Gasteiger partial charge in [0.05, 0.1) is 0 Å². The Morgan fingerprint density at radius 1 is 0.818 bits per heavy atom. The van der Waals surface area contributed by atoms with E-state index in [2.05, 4.69) is 77.9 Å². The van der Waals surface area contributed by atoms with Crippen LogP contribution in [-0.2, 0) is 6.42 Å². The van der Waals surface area contributed by atoms with Gasteiger partial charge >= 0.3 is 0 Å². The summed E-state index contributed by atoms with van der Waals surface area (Å²) in [6.45, 7) is 13.3. The van der Waals surface area contributed by atoms with Crippen molar-refractivity contribution < 1.29 is 4.74 Å². The predicted molar refractivity (Wildman–Crippen MR) is 95.3 cm³/mol. The molecule has 0 amide bonds. The van der Waals surface area contributed by atoms with E-state index in [4.69, 9.17) is 4.74 Å². The number of ether oxygens (including phenoxy) is 1. The van der Waals surface area contributed by atoms with Gasteiger partial charge in [0.15, 0.2) is 0 Å². The lowest BCUT2D eigenvalue weighted by Gasteiger charge is -2.16. The van der Waals surface area contributed by atoms with E-state index in [9.17, 15) is 0 Å². The molecule has 0 aliphatic heterocycles. The van der Waals surface area contributed by atoms with Crippen molar-refractivity contribution in [1.29, 1.82) is 0 Å². The summed E-state index contributed by atoms with van der Waals surface area (Å²) in [6, 6.07) is 12.8. The van der Waals surface area contributed by atoms with Crippen LogP contribution >= 0.6 is 0 Å². The van der Waals surface area contributed by atoms with E-state index in [1.807, 2.05) is 0 Å². The van der Waals surface area contributed by atoms with Crippen molar-refractivity contribution in [1.82, 2.24) is 0 Å². The van der Waals surface area contributed by atoms with Crippen LogP contribution < -0.4 is 4.74 Å². The van der Waals surface area contributed by atoms with Crippen molar-refractivity contribution in [3.05, 3.63) is 58.7 Å². The van der Waals surface area contributed by atoms with Crippen molar-refractivity contribution >= 4 is 0 Å². The molecule has 0 spiro atoms. The van der Waals surface area contributed by atoms with Gasteiger partial charge in [-0.25, -0.2) is 0 Å². The summed E-state index contributed by atoms with van der Waals surface area (Å²) in [4.78, 5) is 0. The van der Waals surface area contributed by atoms with E-state index in [1.54, 1.807) is 0 Å². The van der Waals surface area contributed by atoms with Gasteiger partial charge in [-0.05, 0) is 71.7 Å². The Morgan fingerprint density at radius 3 is 1.91 bits per heavy atom. The molecule has 22 heavy (non-hydrogen) atoms. The summed E-state index contributed by atoms with van der Waals surface area (Å²) < 4.78 is 6.11. The van der Waals surface area contributed by atoms with Crippen LogP contribution in [0.1, 0.15) is 68.7 Å². The fraction of sp³-hybridized carbons (Fsp3) is 0.429. The largest absolute Gasteiger partial charge is 0.457 e. The first-order chi connectivity index (χ1) is 10.4. The van der Waals surface area contributed by atoms with Gasteiger partial charge in [-0.2, -0.15) is 0 Å². The van der Waals surface area contributed by atoms with Crippen LogP contribution in [0.4, 0.5) is 0 Å². The molecule has 0 radical (unpaired) electrons. The van der Waals surface area contributed by atoms with Crippen LogP contribution in [0.5, 0.6) is 11.5 Å². The molecule has 0 aliphatic carbocycles. The van der Waals surface area contributed by atoms with Crippen molar-refractivity contribution in [2.45, 2.75) is 59.8 Å². The van der Waals surface area contributed by atoms with Gasteiger partial charge < -0.3 is 4.74 Å². The SMILES string of the molecule is CCc1ccc(Oc2ccc(C)c(C(C)C)c2)cc1C(C)C. The van der Waals surface area contributed by atoms with Gasteiger partial charge in [0.2, 0.25) is 0 Å². The van der Waals surface area contributed by atoms with Gasteiger partial charge in [0.1, 0.15) is 11.5 Å². The fourth-order valence-electron chi connectivity index (χ4n) is 2.94. The lowest BCUT2D eigenvalue weighted by Crippen LogP contribution is -1.97. The van der Waals surface area contributed by atoms with E-state index < -0.39 is 0 Å². The number of benzene rings is 2. The minimum atomic E-state index is 0.511. The van der Waals surface area contributed by atoms with Gasteiger partial charge in [-0.1, -0.05) is 46.8 Å². The molecule has 0 saturated heterocycles. The zero-order chi connectivity index (χ0) is 16.3. The molecular formula is C21H28O. The summed E-state index contributed by atoms with van der Waals surface area (Å²) in [5, 5.41) is 0. The first-order valence-electron chi connectivity index (χ1n) is 8.33. The zero-order valence-corrected chi connectivity index (χ0v) is 14.7. The van der Waals surface area contributed by atoms with Crippen molar-refractivity contribution in [3.63, 3.8) is 0 Å². The second kappa shape index (κ2) is 7.00. The highest BCUT2D eigenvalue weighted by Gasteiger charge is 2.09. The van der Waals surface area contributed by atoms with Crippen LogP contribution in [0, 0.1) is 6.92 Å². The first kappa shape index (κ1) is 16.6. The average molecular weight is 296 g/mol. The van der Waals surface area contributed by atoms with Gasteiger partial charge in [0, 0.05) is 0 Å².